The molecule has 0 spiro atoms. The van der Waals surface area contributed by atoms with Gasteiger partial charge in [-0.25, -0.2) is 14.4 Å². The Kier molecular flexibility index (Phi) is 5.95. The lowest BCUT2D eigenvalue weighted by atomic mass is 10.1. The second-order valence-corrected chi connectivity index (χ2v) is 8.11. The van der Waals surface area contributed by atoms with Crippen LogP contribution in [0.5, 0.6) is 5.75 Å². The quantitative estimate of drug-likeness (QED) is 0.458. The number of aromatic nitrogens is 1. The van der Waals surface area contributed by atoms with E-state index in [1.807, 2.05) is 18.3 Å². The fourth-order valence-electron chi connectivity index (χ4n) is 4.08. The number of hydrogen-bond donors (Lipinski definition) is 4. The summed E-state index contributed by atoms with van der Waals surface area (Å²) in [7, 11) is 0. The standard InChI is InChI=1S/C23H26FN7O2/c24-18-14-17(5-6-20(18)33-12-11-30-9-1-2-10-30)27-23-28-22(25)29-31(23)21(32)16-4-3-15-7-8-26-19(15)13-16/h3-8,13-14,22,26,29H,1-2,9-12,25H2,(H,27,28). The molecule has 1 atom stereocenters. The summed E-state index contributed by atoms with van der Waals surface area (Å²) in [6, 6.07) is 11.8. The third kappa shape index (κ3) is 4.68. The molecule has 1 fully saturated rings. The first-order valence-electron chi connectivity index (χ1n) is 11.0. The van der Waals surface area contributed by atoms with Gasteiger partial charge in [-0.15, -0.1) is 0 Å². The highest BCUT2D eigenvalue weighted by atomic mass is 19.1. The van der Waals surface area contributed by atoms with Crippen molar-refractivity contribution in [1.29, 1.82) is 0 Å². The van der Waals surface area contributed by atoms with E-state index in [2.05, 4.69) is 25.6 Å². The number of hydrazine groups is 1. The van der Waals surface area contributed by atoms with E-state index in [0.717, 1.165) is 30.5 Å². The second-order valence-electron chi connectivity index (χ2n) is 8.11. The Morgan fingerprint density at radius 1 is 1.21 bits per heavy atom. The van der Waals surface area contributed by atoms with Gasteiger partial charge in [0.05, 0.1) is 0 Å². The van der Waals surface area contributed by atoms with Crippen molar-refractivity contribution in [3.05, 3.63) is 60.0 Å². The first-order chi connectivity index (χ1) is 16.1. The van der Waals surface area contributed by atoms with Crippen LogP contribution in [0.4, 0.5) is 10.1 Å². The number of fused-ring (bicyclic) bond motifs is 1. The van der Waals surface area contributed by atoms with Gasteiger partial charge in [0.25, 0.3) is 5.91 Å². The van der Waals surface area contributed by atoms with Crippen LogP contribution in [0.2, 0.25) is 0 Å². The molecule has 1 aromatic heterocycles. The molecular formula is C23H26FN7O2. The minimum atomic E-state index is -0.802. The fraction of sp³-hybridized carbons (Fsp3) is 0.304. The Labute approximate surface area is 190 Å². The van der Waals surface area contributed by atoms with Gasteiger partial charge in [-0.3, -0.25) is 15.4 Å². The Hall–Kier alpha value is -3.47. The number of guanidine groups is 1. The van der Waals surface area contributed by atoms with Crippen molar-refractivity contribution >= 4 is 28.5 Å². The Balaban J connectivity index is 1.25. The summed E-state index contributed by atoms with van der Waals surface area (Å²) in [4.78, 5) is 22.7. The molecule has 1 unspecified atom stereocenters. The van der Waals surface area contributed by atoms with E-state index in [1.54, 1.807) is 24.3 Å². The number of benzene rings is 2. The number of nitrogens with one attached hydrogen (secondary N) is 3. The number of ether oxygens (including phenoxy) is 1. The summed E-state index contributed by atoms with van der Waals surface area (Å²) in [5.41, 5.74) is 10.4. The summed E-state index contributed by atoms with van der Waals surface area (Å²) in [6.07, 6.45) is 3.42. The minimum absolute atomic E-state index is 0.182. The largest absolute Gasteiger partial charge is 0.489 e. The van der Waals surface area contributed by atoms with Crippen molar-refractivity contribution in [2.24, 2.45) is 10.7 Å². The summed E-state index contributed by atoms with van der Waals surface area (Å²) in [6.45, 7) is 3.36. The Morgan fingerprint density at radius 3 is 2.88 bits per heavy atom. The number of hydrogen-bond acceptors (Lipinski definition) is 7. The number of carbonyl (C=O) groups excluding carboxylic acids is 1. The van der Waals surface area contributed by atoms with Crippen LogP contribution in [0, 0.1) is 5.82 Å². The van der Waals surface area contributed by atoms with Gasteiger partial charge in [0.2, 0.25) is 5.96 Å². The predicted molar refractivity (Wildman–Crippen MR) is 124 cm³/mol. The molecule has 0 bridgehead atoms. The molecule has 10 heteroatoms. The number of halogens is 1. The van der Waals surface area contributed by atoms with Crippen LogP contribution in [0.15, 0.2) is 53.7 Å². The van der Waals surface area contributed by atoms with E-state index in [9.17, 15) is 9.18 Å². The molecule has 1 amide bonds. The summed E-state index contributed by atoms with van der Waals surface area (Å²) in [5, 5.41) is 5.21. The van der Waals surface area contributed by atoms with Crippen molar-refractivity contribution in [2.75, 3.05) is 31.6 Å². The van der Waals surface area contributed by atoms with Gasteiger partial charge >= 0.3 is 0 Å². The maximum Gasteiger partial charge on any atom is 0.275 e. The summed E-state index contributed by atoms with van der Waals surface area (Å²) >= 11 is 0. The first kappa shape index (κ1) is 21.4. The number of aromatic amines is 1. The molecule has 2 aromatic carbocycles. The zero-order valence-corrected chi connectivity index (χ0v) is 18.1. The molecule has 5 N–H and O–H groups in total. The molecule has 33 heavy (non-hydrogen) atoms. The molecule has 0 radical (unpaired) electrons. The molecule has 0 aliphatic carbocycles. The van der Waals surface area contributed by atoms with Gasteiger partial charge in [0.15, 0.2) is 17.9 Å². The highest BCUT2D eigenvalue weighted by Gasteiger charge is 2.29. The maximum atomic E-state index is 14.6. The fourth-order valence-corrected chi connectivity index (χ4v) is 4.08. The molecule has 5 rings (SSSR count). The van der Waals surface area contributed by atoms with Gasteiger partial charge < -0.3 is 15.0 Å². The number of nitrogens with two attached hydrogens (primary N) is 1. The molecule has 172 valence electrons. The predicted octanol–water partition coefficient (Wildman–Crippen LogP) is 2.45. The Morgan fingerprint density at radius 2 is 2.06 bits per heavy atom. The van der Waals surface area contributed by atoms with E-state index in [0.29, 0.717) is 17.9 Å². The molecule has 3 aromatic rings. The first-order valence-corrected chi connectivity index (χ1v) is 11.0. The number of rotatable bonds is 6. The number of aliphatic imine (C=N–C) groups is 1. The van der Waals surface area contributed by atoms with Crippen molar-refractivity contribution in [2.45, 2.75) is 19.1 Å². The maximum absolute atomic E-state index is 14.6. The highest BCUT2D eigenvalue weighted by molar-refractivity contribution is 6.11. The average Bonchev–Trinajstić information content (AvgIpc) is 3.55. The van der Waals surface area contributed by atoms with Crippen molar-refractivity contribution in [3.63, 3.8) is 0 Å². The van der Waals surface area contributed by atoms with E-state index in [-0.39, 0.29) is 17.6 Å². The third-order valence-electron chi connectivity index (χ3n) is 5.79. The Bertz CT molecular complexity index is 1190. The van der Waals surface area contributed by atoms with Crippen LogP contribution < -0.4 is 21.2 Å². The summed E-state index contributed by atoms with van der Waals surface area (Å²) < 4.78 is 20.2. The smallest absolute Gasteiger partial charge is 0.275 e. The number of likely N-dealkylation sites (tertiary alicyclic amines) is 1. The topological polar surface area (TPSA) is 111 Å². The molecule has 2 aliphatic rings. The van der Waals surface area contributed by atoms with Crippen molar-refractivity contribution in [3.8, 4) is 5.75 Å². The van der Waals surface area contributed by atoms with Crippen molar-refractivity contribution in [1.82, 2.24) is 20.3 Å². The zero-order valence-electron chi connectivity index (χ0n) is 18.1. The molecule has 1 saturated heterocycles. The average molecular weight is 452 g/mol. The van der Waals surface area contributed by atoms with Gasteiger partial charge in [-0.2, -0.15) is 5.43 Å². The normalized spacial score (nSPS) is 18.7. The van der Waals surface area contributed by atoms with Crippen molar-refractivity contribution < 1.29 is 13.9 Å². The van der Waals surface area contributed by atoms with Gasteiger partial charge in [-0.05, 0) is 61.6 Å². The molecule has 9 nitrogen and oxygen atoms in total. The second kappa shape index (κ2) is 9.18. The van der Waals surface area contributed by atoms with Gasteiger partial charge in [0.1, 0.15) is 6.61 Å². The van der Waals surface area contributed by atoms with E-state index < -0.39 is 12.1 Å². The number of H-pyrrole nitrogens is 1. The van der Waals surface area contributed by atoms with Crippen LogP contribution in [0.3, 0.4) is 0 Å². The van der Waals surface area contributed by atoms with E-state index in [4.69, 9.17) is 10.5 Å². The number of anilines is 1. The lowest BCUT2D eigenvalue weighted by molar-refractivity contribution is 0.0793. The van der Waals surface area contributed by atoms with Gasteiger partial charge in [0, 0.05) is 35.6 Å². The monoisotopic (exact) mass is 451 g/mol. The molecular weight excluding hydrogens is 425 g/mol. The lowest BCUT2D eigenvalue weighted by Gasteiger charge is -2.20. The van der Waals surface area contributed by atoms with E-state index >= 15 is 0 Å². The number of amides is 1. The number of carbonyl (C=O) groups is 1. The SMILES string of the molecule is NC1N=C(Nc2ccc(OCCN3CCCC3)c(F)c2)N(C(=O)c2ccc3cc[nH]c3c2)N1. The van der Waals surface area contributed by atoms with Crippen LogP contribution in [-0.2, 0) is 0 Å². The molecule has 0 saturated carbocycles. The third-order valence-corrected chi connectivity index (χ3v) is 5.79. The van der Waals surface area contributed by atoms with Crippen LogP contribution >= 0.6 is 0 Å². The van der Waals surface area contributed by atoms with Crippen LogP contribution in [0.1, 0.15) is 23.2 Å². The van der Waals surface area contributed by atoms with Crippen LogP contribution in [-0.4, -0.2) is 59.3 Å². The summed E-state index contributed by atoms with van der Waals surface area (Å²) in [5.74, 6) is -0.461. The number of nitrogens with zero attached hydrogens (tertiary/aromatic N) is 3. The van der Waals surface area contributed by atoms with Gasteiger partial charge in [-0.1, -0.05) is 6.07 Å². The lowest BCUT2D eigenvalue weighted by Crippen LogP contribution is -2.49. The minimum Gasteiger partial charge on any atom is -0.489 e. The molecule has 3 heterocycles. The van der Waals surface area contributed by atoms with E-state index in [1.165, 1.54) is 23.9 Å². The zero-order chi connectivity index (χ0) is 22.8. The highest BCUT2D eigenvalue weighted by Crippen LogP contribution is 2.23. The molecule has 2 aliphatic heterocycles. The van der Waals surface area contributed by atoms with Crippen LogP contribution in [0.25, 0.3) is 10.9 Å².